The van der Waals surface area contributed by atoms with E-state index in [2.05, 4.69) is 34.6 Å². The highest BCUT2D eigenvalue weighted by molar-refractivity contribution is 5.96. The maximum atomic E-state index is 13.2. The van der Waals surface area contributed by atoms with Crippen molar-refractivity contribution < 1.29 is 4.79 Å². The summed E-state index contributed by atoms with van der Waals surface area (Å²) in [6.45, 7) is 0.489. The summed E-state index contributed by atoms with van der Waals surface area (Å²) in [6, 6.07) is 26.3. The van der Waals surface area contributed by atoms with Crippen LogP contribution in [0.25, 0.3) is 22.0 Å². The Bertz CT molecular complexity index is 1110. The first-order valence-electron chi connectivity index (χ1n) is 9.11. The first-order valence-corrected chi connectivity index (χ1v) is 9.11. The van der Waals surface area contributed by atoms with Gasteiger partial charge in [0.05, 0.1) is 11.4 Å². The van der Waals surface area contributed by atoms with Crippen molar-refractivity contribution in [3.05, 3.63) is 102 Å². The normalized spacial score (nSPS) is 12.6. The number of aromatic nitrogens is 1. The van der Waals surface area contributed by atoms with Gasteiger partial charge in [-0.15, -0.1) is 0 Å². The van der Waals surface area contributed by atoms with Gasteiger partial charge < -0.3 is 5.32 Å². The molecular formula is C24H18N2O. The first-order chi connectivity index (χ1) is 13.3. The lowest BCUT2D eigenvalue weighted by molar-refractivity contribution is -0.121. The molecule has 0 atom stereocenters. The van der Waals surface area contributed by atoms with Gasteiger partial charge in [-0.05, 0) is 39.9 Å². The third kappa shape index (κ3) is 2.59. The zero-order chi connectivity index (χ0) is 18.2. The number of hydrogen-bond acceptors (Lipinski definition) is 2. The summed E-state index contributed by atoms with van der Waals surface area (Å²) >= 11 is 0. The van der Waals surface area contributed by atoms with Crippen LogP contribution in [0.5, 0.6) is 0 Å². The summed E-state index contributed by atoms with van der Waals surface area (Å²) in [5.41, 5.74) is 6.49. The standard InChI is InChI=1S/C24H18N2O/c27-24(26-15-16-13-14-25-22-12-6-5-7-17(16)22)23-20-10-3-1-8-18(20)19-9-2-4-11-21(19)23/h1-14,23H,15H2,(H,26,27). The molecule has 130 valence electrons. The van der Waals surface area contributed by atoms with E-state index < -0.39 is 0 Å². The van der Waals surface area contributed by atoms with Crippen LogP contribution in [0, 0.1) is 0 Å². The van der Waals surface area contributed by atoms with Crippen molar-refractivity contribution in [2.45, 2.75) is 12.5 Å². The molecule has 1 N–H and O–H groups in total. The molecule has 5 rings (SSSR count). The topological polar surface area (TPSA) is 42.0 Å². The number of nitrogens with one attached hydrogen (secondary N) is 1. The molecule has 1 aliphatic carbocycles. The van der Waals surface area contributed by atoms with E-state index in [9.17, 15) is 4.79 Å². The Morgan fingerprint density at radius 2 is 1.44 bits per heavy atom. The Labute approximate surface area is 157 Å². The number of nitrogens with zero attached hydrogens (tertiary/aromatic N) is 1. The van der Waals surface area contributed by atoms with Crippen molar-refractivity contribution in [2.24, 2.45) is 0 Å². The minimum Gasteiger partial charge on any atom is -0.351 e. The summed E-state index contributed by atoms with van der Waals surface area (Å²) in [5.74, 6) is -0.223. The summed E-state index contributed by atoms with van der Waals surface area (Å²) in [4.78, 5) is 17.5. The summed E-state index contributed by atoms with van der Waals surface area (Å²) in [6.07, 6.45) is 1.80. The molecule has 0 bridgehead atoms. The second-order valence-electron chi connectivity index (χ2n) is 6.81. The molecule has 0 radical (unpaired) electrons. The SMILES string of the molecule is O=C(NCc1ccnc2ccccc12)C1c2ccccc2-c2ccccc21. The van der Waals surface area contributed by atoms with E-state index in [-0.39, 0.29) is 11.8 Å². The molecule has 3 heteroatoms. The van der Waals surface area contributed by atoms with Crippen molar-refractivity contribution in [1.82, 2.24) is 10.3 Å². The van der Waals surface area contributed by atoms with Crippen LogP contribution < -0.4 is 5.32 Å². The molecule has 27 heavy (non-hydrogen) atoms. The van der Waals surface area contributed by atoms with Crippen LogP contribution in [0.1, 0.15) is 22.6 Å². The third-order valence-electron chi connectivity index (χ3n) is 5.29. The van der Waals surface area contributed by atoms with E-state index in [1.807, 2.05) is 54.6 Å². The quantitative estimate of drug-likeness (QED) is 0.584. The van der Waals surface area contributed by atoms with E-state index >= 15 is 0 Å². The number of pyridine rings is 1. The smallest absolute Gasteiger partial charge is 0.232 e. The molecule has 3 aromatic carbocycles. The molecule has 0 spiro atoms. The van der Waals surface area contributed by atoms with Gasteiger partial charge >= 0.3 is 0 Å². The van der Waals surface area contributed by atoms with Gasteiger partial charge in [0.2, 0.25) is 5.91 Å². The summed E-state index contributed by atoms with van der Waals surface area (Å²) in [5, 5.41) is 4.22. The largest absolute Gasteiger partial charge is 0.351 e. The monoisotopic (exact) mass is 350 g/mol. The minimum absolute atomic E-state index is 0.0355. The highest BCUT2D eigenvalue weighted by Crippen LogP contribution is 2.44. The molecule has 0 saturated carbocycles. The number of fused-ring (bicyclic) bond motifs is 4. The second-order valence-corrected chi connectivity index (χ2v) is 6.81. The predicted molar refractivity (Wildman–Crippen MR) is 107 cm³/mol. The number of amides is 1. The Morgan fingerprint density at radius 3 is 2.19 bits per heavy atom. The Hall–Kier alpha value is -3.46. The van der Waals surface area contributed by atoms with Crippen molar-refractivity contribution in [2.75, 3.05) is 0 Å². The second kappa shape index (κ2) is 6.36. The van der Waals surface area contributed by atoms with Crippen LogP contribution in [0.4, 0.5) is 0 Å². The van der Waals surface area contributed by atoms with Gasteiger partial charge in [-0.3, -0.25) is 9.78 Å². The number of hydrogen-bond donors (Lipinski definition) is 1. The van der Waals surface area contributed by atoms with E-state index in [4.69, 9.17) is 0 Å². The van der Waals surface area contributed by atoms with Gasteiger partial charge in [0.1, 0.15) is 0 Å². The van der Waals surface area contributed by atoms with Crippen LogP contribution in [0.2, 0.25) is 0 Å². The molecule has 0 unspecified atom stereocenters. The van der Waals surface area contributed by atoms with Crippen LogP contribution in [0.15, 0.2) is 85.1 Å². The molecule has 0 aliphatic heterocycles. The molecule has 1 amide bonds. The fourth-order valence-corrected chi connectivity index (χ4v) is 4.03. The third-order valence-corrected chi connectivity index (χ3v) is 5.29. The number of carbonyl (C=O) groups excluding carboxylic acids is 1. The van der Waals surface area contributed by atoms with Crippen LogP contribution in [0.3, 0.4) is 0 Å². The molecule has 1 aliphatic rings. The lowest BCUT2D eigenvalue weighted by Gasteiger charge is -2.15. The predicted octanol–water partition coefficient (Wildman–Crippen LogP) is 4.66. The van der Waals surface area contributed by atoms with Gasteiger partial charge in [0, 0.05) is 18.1 Å². The summed E-state index contributed by atoms with van der Waals surface area (Å²) < 4.78 is 0. The molecule has 1 aromatic heterocycles. The van der Waals surface area contributed by atoms with Gasteiger partial charge in [-0.2, -0.15) is 0 Å². The van der Waals surface area contributed by atoms with E-state index in [1.54, 1.807) is 6.20 Å². The van der Waals surface area contributed by atoms with E-state index in [1.165, 1.54) is 0 Å². The highest BCUT2D eigenvalue weighted by atomic mass is 16.1. The zero-order valence-electron chi connectivity index (χ0n) is 14.7. The first kappa shape index (κ1) is 15.8. The van der Waals surface area contributed by atoms with Crippen LogP contribution in [-0.2, 0) is 11.3 Å². The van der Waals surface area contributed by atoms with Gasteiger partial charge in [-0.25, -0.2) is 0 Å². The van der Waals surface area contributed by atoms with Crippen LogP contribution >= 0.6 is 0 Å². The maximum absolute atomic E-state index is 13.2. The minimum atomic E-state index is -0.259. The number of para-hydroxylation sites is 1. The summed E-state index contributed by atoms with van der Waals surface area (Å²) in [7, 11) is 0. The number of benzene rings is 3. The van der Waals surface area contributed by atoms with Crippen molar-refractivity contribution in [3.8, 4) is 11.1 Å². The molecular weight excluding hydrogens is 332 g/mol. The Balaban J connectivity index is 1.46. The van der Waals surface area contributed by atoms with Gasteiger partial charge in [-0.1, -0.05) is 66.7 Å². The Kier molecular flexibility index (Phi) is 3.72. The lowest BCUT2D eigenvalue weighted by Crippen LogP contribution is -2.28. The van der Waals surface area contributed by atoms with Crippen molar-refractivity contribution in [3.63, 3.8) is 0 Å². The lowest BCUT2D eigenvalue weighted by atomic mass is 9.96. The van der Waals surface area contributed by atoms with Gasteiger partial charge in [0.25, 0.3) is 0 Å². The highest BCUT2D eigenvalue weighted by Gasteiger charge is 2.33. The number of rotatable bonds is 3. The Morgan fingerprint density at radius 1 is 0.815 bits per heavy atom. The van der Waals surface area contributed by atoms with E-state index in [0.717, 1.165) is 38.7 Å². The zero-order valence-corrected chi connectivity index (χ0v) is 14.7. The maximum Gasteiger partial charge on any atom is 0.232 e. The average molecular weight is 350 g/mol. The average Bonchev–Trinajstić information content (AvgIpc) is 3.06. The molecule has 0 saturated heterocycles. The van der Waals surface area contributed by atoms with Crippen LogP contribution in [-0.4, -0.2) is 10.9 Å². The number of carbonyl (C=O) groups is 1. The fraction of sp³-hybridized carbons (Fsp3) is 0.0833. The van der Waals surface area contributed by atoms with Crippen molar-refractivity contribution >= 4 is 16.8 Å². The molecule has 3 nitrogen and oxygen atoms in total. The van der Waals surface area contributed by atoms with Crippen molar-refractivity contribution in [1.29, 1.82) is 0 Å². The fourth-order valence-electron chi connectivity index (χ4n) is 4.03. The van der Waals surface area contributed by atoms with Gasteiger partial charge in [0.15, 0.2) is 0 Å². The molecule has 1 heterocycles. The molecule has 4 aromatic rings. The molecule has 0 fully saturated rings. The van der Waals surface area contributed by atoms with E-state index in [0.29, 0.717) is 6.54 Å².